The predicted octanol–water partition coefficient (Wildman–Crippen LogP) is 5.17. The summed E-state index contributed by atoms with van der Waals surface area (Å²) in [6, 6.07) is 11.9. The van der Waals surface area contributed by atoms with Crippen molar-refractivity contribution in [2.75, 3.05) is 31.2 Å². The smallest absolute Gasteiger partial charge is 0.162 e. The minimum Gasteiger partial charge on any atom is -0.384 e. The summed E-state index contributed by atoms with van der Waals surface area (Å²) in [5, 5.41) is 13.0. The highest BCUT2D eigenvalue weighted by molar-refractivity contribution is 7.10. The van der Waals surface area contributed by atoms with E-state index in [0.717, 1.165) is 49.1 Å². The van der Waals surface area contributed by atoms with E-state index in [0.29, 0.717) is 34.8 Å². The second-order valence-electron chi connectivity index (χ2n) is 10.2. The molecule has 1 aliphatic carbocycles. The number of nitrogens with two attached hydrogens (primary N) is 1. The van der Waals surface area contributed by atoms with E-state index in [2.05, 4.69) is 36.3 Å². The van der Waals surface area contributed by atoms with Crippen LogP contribution >= 0.6 is 22.9 Å². The van der Waals surface area contributed by atoms with Gasteiger partial charge in [-0.05, 0) is 53.1 Å². The number of allylic oxidation sites excluding steroid dienone is 3. The molecule has 3 heterocycles. The number of carbonyl (C=O) groups excluding carboxylic acids is 1. The van der Waals surface area contributed by atoms with Crippen molar-refractivity contribution in [1.29, 1.82) is 5.26 Å². The van der Waals surface area contributed by atoms with Crippen molar-refractivity contribution >= 4 is 34.4 Å². The van der Waals surface area contributed by atoms with Gasteiger partial charge in [0.15, 0.2) is 5.78 Å². The van der Waals surface area contributed by atoms with Gasteiger partial charge in [0.1, 0.15) is 5.82 Å². The monoisotopic (exact) mass is 508 g/mol. The van der Waals surface area contributed by atoms with Crippen LogP contribution in [0.4, 0.5) is 5.69 Å². The molecule has 5 rings (SSSR count). The SMILES string of the molecule is CC1(C)CC(=O)C2=C(C1)N(c1ccc(Cl)cc1)C(N)=C(C#N)C2c1cc(CN2CCOCC2)cs1. The van der Waals surface area contributed by atoms with E-state index < -0.39 is 5.92 Å². The van der Waals surface area contributed by atoms with Crippen LogP contribution in [0, 0.1) is 16.7 Å². The standard InChI is InChI=1S/C27H29ClN4O2S/c1-27(2)12-21-25(22(33)13-27)24(23-11-17(16-35-23)15-31-7-9-34-10-8-31)20(14-29)26(30)32(21)19-5-3-18(28)4-6-19/h3-6,11,16,24H,7-10,12-13,15,30H2,1-2H3. The third kappa shape index (κ3) is 4.64. The molecule has 0 bridgehead atoms. The van der Waals surface area contributed by atoms with Crippen molar-refractivity contribution in [1.82, 2.24) is 4.90 Å². The number of hydrogen-bond acceptors (Lipinski definition) is 7. The van der Waals surface area contributed by atoms with Crippen molar-refractivity contribution in [3.05, 3.63) is 73.8 Å². The Morgan fingerprint density at radius 1 is 1.23 bits per heavy atom. The lowest BCUT2D eigenvalue weighted by atomic mass is 9.69. The molecule has 0 amide bonds. The Kier molecular flexibility index (Phi) is 6.49. The van der Waals surface area contributed by atoms with Crippen LogP contribution in [0.1, 0.15) is 43.0 Å². The molecule has 0 saturated carbocycles. The van der Waals surface area contributed by atoms with Gasteiger partial charge in [-0.3, -0.25) is 14.6 Å². The fraction of sp³-hybridized carbons (Fsp3) is 0.407. The number of halogens is 1. The average molecular weight is 509 g/mol. The lowest BCUT2D eigenvalue weighted by molar-refractivity contribution is -0.118. The van der Waals surface area contributed by atoms with Gasteiger partial charge in [0.05, 0.1) is 30.8 Å². The molecule has 182 valence electrons. The molecule has 6 nitrogen and oxygen atoms in total. The first-order chi connectivity index (χ1) is 16.8. The summed E-state index contributed by atoms with van der Waals surface area (Å²) in [5.41, 5.74) is 10.5. The van der Waals surface area contributed by atoms with Crippen molar-refractivity contribution < 1.29 is 9.53 Å². The van der Waals surface area contributed by atoms with E-state index in [1.54, 1.807) is 23.5 Å². The van der Waals surface area contributed by atoms with E-state index in [4.69, 9.17) is 22.1 Å². The first kappa shape index (κ1) is 24.1. The first-order valence-electron chi connectivity index (χ1n) is 11.9. The van der Waals surface area contributed by atoms with Gasteiger partial charge in [-0.25, -0.2) is 0 Å². The molecule has 8 heteroatoms. The highest BCUT2D eigenvalue weighted by atomic mass is 35.5. The van der Waals surface area contributed by atoms with Crippen LogP contribution in [-0.4, -0.2) is 37.0 Å². The number of carbonyl (C=O) groups is 1. The number of nitrogens with zero attached hydrogens (tertiary/aromatic N) is 3. The highest BCUT2D eigenvalue weighted by Gasteiger charge is 2.45. The number of morpholine rings is 1. The minimum atomic E-state index is -0.439. The number of benzene rings is 1. The lowest BCUT2D eigenvalue weighted by Gasteiger charge is -2.43. The zero-order chi connectivity index (χ0) is 24.7. The number of ketones is 1. The molecule has 1 aromatic carbocycles. The van der Waals surface area contributed by atoms with Crippen LogP contribution in [0.5, 0.6) is 0 Å². The maximum Gasteiger partial charge on any atom is 0.162 e. The van der Waals surface area contributed by atoms with Gasteiger partial charge in [0.2, 0.25) is 0 Å². The summed E-state index contributed by atoms with van der Waals surface area (Å²) in [6.07, 6.45) is 1.14. The third-order valence-electron chi connectivity index (χ3n) is 6.93. The molecule has 2 N–H and O–H groups in total. The van der Waals surface area contributed by atoms with Crippen molar-refractivity contribution in [3.8, 4) is 6.07 Å². The number of anilines is 1. The quantitative estimate of drug-likeness (QED) is 0.613. The highest BCUT2D eigenvalue weighted by Crippen LogP contribution is 2.51. The van der Waals surface area contributed by atoms with Crippen LogP contribution in [-0.2, 0) is 16.1 Å². The molecule has 1 atom stereocenters. The number of nitriles is 1. The number of ether oxygens (including phenoxy) is 1. The van der Waals surface area contributed by atoms with Gasteiger partial charge in [0.25, 0.3) is 0 Å². The zero-order valence-corrected chi connectivity index (χ0v) is 21.6. The van der Waals surface area contributed by atoms with Gasteiger partial charge in [-0.2, -0.15) is 5.26 Å². The van der Waals surface area contributed by atoms with Crippen molar-refractivity contribution in [2.45, 2.75) is 39.2 Å². The molecular weight excluding hydrogens is 480 g/mol. The summed E-state index contributed by atoms with van der Waals surface area (Å²) in [4.78, 5) is 18.9. The van der Waals surface area contributed by atoms with Gasteiger partial charge in [-0.15, -0.1) is 11.3 Å². The van der Waals surface area contributed by atoms with Crippen LogP contribution in [0.15, 0.2) is 58.4 Å². The Balaban J connectivity index is 1.60. The minimum absolute atomic E-state index is 0.0867. The summed E-state index contributed by atoms with van der Waals surface area (Å²) in [5.74, 6) is 0.0291. The number of Topliss-reactive ketones (excluding diaryl/α,β-unsaturated/α-hetero) is 1. The van der Waals surface area contributed by atoms with Crippen molar-refractivity contribution in [2.24, 2.45) is 11.1 Å². The summed E-state index contributed by atoms with van der Waals surface area (Å²) in [6.45, 7) is 8.35. The Labute approximate surface area is 215 Å². The zero-order valence-electron chi connectivity index (χ0n) is 20.0. The van der Waals surface area contributed by atoms with Crippen molar-refractivity contribution in [3.63, 3.8) is 0 Å². The fourth-order valence-electron chi connectivity index (χ4n) is 5.32. The Bertz CT molecular complexity index is 1250. The fourth-order valence-corrected chi connectivity index (χ4v) is 6.47. The Hall–Kier alpha value is -2.63. The predicted molar refractivity (Wildman–Crippen MR) is 139 cm³/mol. The van der Waals surface area contributed by atoms with E-state index in [1.165, 1.54) is 5.56 Å². The summed E-state index contributed by atoms with van der Waals surface area (Å²) >= 11 is 7.74. The lowest BCUT2D eigenvalue weighted by Crippen LogP contribution is -2.42. The van der Waals surface area contributed by atoms with Gasteiger partial charge in [-0.1, -0.05) is 25.4 Å². The second-order valence-corrected chi connectivity index (χ2v) is 11.6. The molecule has 1 fully saturated rings. The number of rotatable bonds is 4. The second kappa shape index (κ2) is 9.44. The van der Waals surface area contributed by atoms with Gasteiger partial charge < -0.3 is 10.5 Å². The average Bonchev–Trinajstić information content (AvgIpc) is 3.27. The van der Waals surface area contributed by atoms with Gasteiger partial charge >= 0.3 is 0 Å². The summed E-state index contributed by atoms with van der Waals surface area (Å²) < 4.78 is 5.47. The molecule has 1 unspecified atom stereocenters. The van der Waals surface area contributed by atoms with E-state index in [9.17, 15) is 10.1 Å². The molecule has 0 radical (unpaired) electrons. The van der Waals surface area contributed by atoms with Crippen LogP contribution in [0.2, 0.25) is 5.02 Å². The van der Waals surface area contributed by atoms with E-state index in [-0.39, 0.29) is 11.2 Å². The maximum absolute atomic E-state index is 13.7. The van der Waals surface area contributed by atoms with Crippen LogP contribution in [0.25, 0.3) is 0 Å². The topological polar surface area (TPSA) is 82.6 Å². The molecule has 0 spiro atoms. The van der Waals surface area contributed by atoms with E-state index in [1.807, 2.05) is 17.0 Å². The molecule has 2 aromatic rings. The Morgan fingerprint density at radius 3 is 2.63 bits per heavy atom. The van der Waals surface area contributed by atoms with E-state index >= 15 is 0 Å². The van der Waals surface area contributed by atoms with Crippen LogP contribution in [0.3, 0.4) is 0 Å². The largest absolute Gasteiger partial charge is 0.384 e. The number of hydrogen-bond donors (Lipinski definition) is 1. The maximum atomic E-state index is 13.7. The van der Waals surface area contributed by atoms with Crippen LogP contribution < -0.4 is 10.6 Å². The Morgan fingerprint density at radius 2 is 1.94 bits per heavy atom. The first-order valence-corrected chi connectivity index (χ1v) is 13.1. The molecular formula is C27H29ClN4O2S. The molecule has 3 aliphatic rings. The normalized spacial score (nSPS) is 22.9. The molecule has 2 aliphatic heterocycles. The third-order valence-corrected chi connectivity index (χ3v) is 8.23. The summed E-state index contributed by atoms with van der Waals surface area (Å²) in [7, 11) is 0. The molecule has 1 aromatic heterocycles. The molecule has 35 heavy (non-hydrogen) atoms. The van der Waals surface area contributed by atoms with Gasteiger partial charge in [0, 0.05) is 52.9 Å². The molecule has 1 saturated heterocycles. The number of thiophene rings is 1.